The number of hydrogen-bond donors (Lipinski definition) is 1. The van der Waals surface area contributed by atoms with E-state index < -0.39 is 0 Å². The highest BCUT2D eigenvalue weighted by atomic mass is 15.1. The Kier molecular flexibility index (Phi) is 7.08. The normalized spacial score (nSPS) is 17.8. The first kappa shape index (κ1) is 16.4. The van der Waals surface area contributed by atoms with Gasteiger partial charge in [-0.25, -0.2) is 0 Å². The maximum atomic E-state index is 3.45. The number of rotatable bonds is 9. The highest BCUT2D eigenvalue weighted by Crippen LogP contribution is 2.33. The van der Waals surface area contributed by atoms with Gasteiger partial charge >= 0.3 is 0 Å². The van der Waals surface area contributed by atoms with Gasteiger partial charge in [0.15, 0.2) is 0 Å². The van der Waals surface area contributed by atoms with E-state index in [9.17, 15) is 0 Å². The third-order valence-corrected chi connectivity index (χ3v) is 4.72. The van der Waals surface area contributed by atoms with E-state index in [1.807, 2.05) is 0 Å². The quantitative estimate of drug-likeness (QED) is 0.650. The molecule has 2 nitrogen and oxygen atoms in total. The zero-order valence-corrected chi connectivity index (χ0v) is 13.9. The van der Waals surface area contributed by atoms with Crippen LogP contribution in [0, 0.1) is 0 Å². The minimum absolute atomic E-state index is 0.534. The standard InChI is InChI=1S/C19H32N2/c1-3-4-5-6-7-8-11-15-21-16-14-18(20-2)17-12-9-10-13-19(17)21/h9-10,12-13,18,20H,3-8,11,14-16H2,1-2H3. The van der Waals surface area contributed by atoms with Gasteiger partial charge in [0.2, 0.25) is 0 Å². The lowest BCUT2D eigenvalue weighted by Gasteiger charge is -2.35. The van der Waals surface area contributed by atoms with Crippen LogP contribution in [-0.4, -0.2) is 20.1 Å². The molecule has 1 aliphatic rings. The number of nitrogens with one attached hydrogen (secondary N) is 1. The second-order valence-electron chi connectivity index (χ2n) is 6.30. The summed E-state index contributed by atoms with van der Waals surface area (Å²) in [5.41, 5.74) is 2.93. The average Bonchev–Trinajstić information content (AvgIpc) is 2.54. The number of nitrogens with zero attached hydrogens (tertiary/aromatic N) is 1. The van der Waals surface area contributed by atoms with Crippen molar-refractivity contribution >= 4 is 5.69 Å². The zero-order chi connectivity index (χ0) is 14.9. The Morgan fingerprint density at radius 3 is 2.52 bits per heavy atom. The van der Waals surface area contributed by atoms with Gasteiger partial charge in [-0.3, -0.25) is 0 Å². The van der Waals surface area contributed by atoms with Crippen molar-refractivity contribution in [1.29, 1.82) is 0 Å². The molecule has 0 saturated carbocycles. The van der Waals surface area contributed by atoms with E-state index in [-0.39, 0.29) is 0 Å². The van der Waals surface area contributed by atoms with Crippen LogP contribution in [0.4, 0.5) is 5.69 Å². The van der Waals surface area contributed by atoms with Crippen LogP contribution in [0.1, 0.15) is 69.9 Å². The Morgan fingerprint density at radius 1 is 1.05 bits per heavy atom. The summed E-state index contributed by atoms with van der Waals surface area (Å²) < 4.78 is 0. The predicted molar refractivity (Wildman–Crippen MR) is 93.1 cm³/mol. The molecule has 1 N–H and O–H groups in total. The van der Waals surface area contributed by atoms with Crippen molar-refractivity contribution in [3.63, 3.8) is 0 Å². The van der Waals surface area contributed by atoms with Crippen molar-refractivity contribution in [3.05, 3.63) is 29.8 Å². The Labute approximate surface area is 130 Å². The molecule has 1 aliphatic heterocycles. The van der Waals surface area contributed by atoms with Crippen LogP contribution in [0.2, 0.25) is 0 Å². The molecule has 2 heteroatoms. The summed E-state index contributed by atoms with van der Waals surface area (Å²) in [4.78, 5) is 2.59. The summed E-state index contributed by atoms with van der Waals surface area (Å²) in [6, 6.07) is 9.45. The lowest BCUT2D eigenvalue weighted by Crippen LogP contribution is -2.35. The highest BCUT2D eigenvalue weighted by molar-refractivity contribution is 5.56. The second kappa shape index (κ2) is 9.09. The van der Waals surface area contributed by atoms with Crippen molar-refractivity contribution in [1.82, 2.24) is 5.32 Å². The average molecular weight is 288 g/mol. The molecular formula is C19H32N2. The molecular weight excluding hydrogens is 256 g/mol. The Hall–Kier alpha value is -1.02. The topological polar surface area (TPSA) is 15.3 Å². The first-order chi connectivity index (χ1) is 10.4. The molecule has 1 heterocycles. The fourth-order valence-corrected chi connectivity index (χ4v) is 3.42. The van der Waals surface area contributed by atoms with Crippen molar-refractivity contribution < 1.29 is 0 Å². The number of hydrogen-bond acceptors (Lipinski definition) is 2. The Balaban J connectivity index is 1.77. The molecule has 21 heavy (non-hydrogen) atoms. The number of fused-ring (bicyclic) bond motifs is 1. The van der Waals surface area contributed by atoms with E-state index in [4.69, 9.17) is 0 Å². The molecule has 1 aromatic rings. The molecule has 1 aromatic carbocycles. The van der Waals surface area contributed by atoms with Crippen molar-refractivity contribution in [2.24, 2.45) is 0 Å². The maximum absolute atomic E-state index is 3.45. The lowest BCUT2D eigenvalue weighted by molar-refractivity contribution is 0.507. The van der Waals surface area contributed by atoms with E-state index in [2.05, 4.69) is 48.5 Å². The molecule has 0 saturated heterocycles. The van der Waals surface area contributed by atoms with E-state index in [1.54, 1.807) is 0 Å². The molecule has 0 radical (unpaired) electrons. The minimum Gasteiger partial charge on any atom is -0.371 e. The van der Waals surface area contributed by atoms with Crippen molar-refractivity contribution in [2.45, 2.75) is 64.3 Å². The van der Waals surface area contributed by atoms with Crippen molar-refractivity contribution in [2.75, 3.05) is 25.0 Å². The molecule has 1 atom stereocenters. The molecule has 0 fully saturated rings. The van der Waals surface area contributed by atoms with Gasteiger partial charge in [-0.1, -0.05) is 63.6 Å². The van der Waals surface area contributed by atoms with E-state index in [0.29, 0.717) is 6.04 Å². The largest absolute Gasteiger partial charge is 0.371 e. The third kappa shape index (κ3) is 4.74. The molecule has 118 valence electrons. The number of unbranched alkanes of at least 4 members (excludes halogenated alkanes) is 6. The van der Waals surface area contributed by atoms with Gasteiger partial charge in [0.25, 0.3) is 0 Å². The van der Waals surface area contributed by atoms with Gasteiger partial charge in [-0.15, -0.1) is 0 Å². The van der Waals surface area contributed by atoms with Crippen LogP contribution in [0.15, 0.2) is 24.3 Å². The second-order valence-corrected chi connectivity index (χ2v) is 6.30. The third-order valence-electron chi connectivity index (χ3n) is 4.72. The van der Waals surface area contributed by atoms with Crippen LogP contribution in [0.3, 0.4) is 0 Å². The molecule has 0 aliphatic carbocycles. The highest BCUT2D eigenvalue weighted by Gasteiger charge is 2.22. The molecule has 0 bridgehead atoms. The van der Waals surface area contributed by atoms with Crippen LogP contribution in [-0.2, 0) is 0 Å². The van der Waals surface area contributed by atoms with Gasteiger partial charge < -0.3 is 10.2 Å². The van der Waals surface area contributed by atoms with Crippen LogP contribution >= 0.6 is 0 Å². The zero-order valence-electron chi connectivity index (χ0n) is 13.9. The van der Waals surface area contributed by atoms with E-state index in [1.165, 1.54) is 75.7 Å². The van der Waals surface area contributed by atoms with Crippen LogP contribution < -0.4 is 10.2 Å². The van der Waals surface area contributed by atoms with Crippen LogP contribution in [0.5, 0.6) is 0 Å². The fourth-order valence-electron chi connectivity index (χ4n) is 3.42. The first-order valence-corrected chi connectivity index (χ1v) is 8.88. The summed E-state index contributed by atoms with van der Waals surface area (Å²) in [6.07, 6.45) is 11.0. The van der Waals surface area contributed by atoms with E-state index in [0.717, 1.165) is 0 Å². The molecule has 0 amide bonds. The summed E-state index contributed by atoms with van der Waals surface area (Å²) >= 11 is 0. The van der Waals surface area contributed by atoms with Gasteiger partial charge in [-0.05, 0) is 31.5 Å². The molecule has 1 unspecified atom stereocenters. The van der Waals surface area contributed by atoms with Crippen molar-refractivity contribution in [3.8, 4) is 0 Å². The molecule has 2 rings (SSSR count). The van der Waals surface area contributed by atoms with Gasteiger partial charge in [0.05, 0.1) is 0 Å². The number of anilines is 1. The lowest BCUT2D eigenvalue weighted by atomic mass is 9.96. The van der Waals surface area contributed by atoms with Gasteiger partial charge in [0, 0.05) is 24.8 Å². The SMILES string of the molecule is CCCCCCCCCN1CCC(NC)c2ccccc21. The monoisotopic (exact) mass is 288 g/mol. The number of para-hydroxylation sites is 1. The number of benzene rings is 1. The van der Waals surface area contributed by atoms with Gasteiger partial charge in [-0.2, -0.15) is 0 Å². The van der Waals surface area contributed by atoms with E-state index >= 15 is 0 Å². The molecule has 0 aromatic heterocycles. The summed E-state index contributed by atoms with van der Waals surface area (Å²) in [5.74, 6) is 0. The first-order valence-electron chi connectivity index (χ1n) is 8.88. The summed E-state index contributed by atoms with van der Waals surface area (Å²) in [7, 11) is 2.08. The summed E-state index contributed by atoms with van der Waals surface area (Å²) in [5, 5.41) is 3.45. The Bertz CT molecular complexity index is 402. The fraction of sp³-hybridized carbons (Fsp3) is 0.684. The maximum Gasteiger partial charge on any atom is 0.0414 e. The predicted octanol–water partition coefficient (Wildman–Crippen LogP) is 4.91. The van der Waals surface area contributed by atoms with Gasteiger partial charge in [0.1, 0.15) is 0 Å². The molecule has 0 spiro atoms. The summed E-state index contributed by atoms with van der Waals surface area (Å²) in [6.45, 7) is 4.70. The smallest absolute Gasteiger partial charge is 0.0414 e. The van der Waals surface area contributed by atoms with Crippen LogP contribution in [0.25, 0.3) is 0 Å². The Morgan fingerprint density at radius 2 is 1.76 bits per heavy atom. The minimum atomic E-state index is 0.534.